The van der Waals surface area contributed by atoms with Crippen LogP contribution in [-0.2, 0) is 22.9 Å². The van der Waals surface area contributed by atoms with E-state index >= 15 is 0 Å². The van der Waals surface area contributed by atoms with Crippen LogP contribution < -0.4 is 9.46 Å². The number of rotatable bonds is 5. The Morgan fingerprint density at radius 1 is 1.03 bits per heavy atom. The SMILES string of the molecule is CCOc1ccc(S(=O)(=O)Nc2cc3c4c(oc3c3ccccc23)CCC(C(C)(C)C)C4)cc1. The van der Waals surface area contributed by atoms with E-state index in [2.05, 4.69) is 25.5 Å². The Bertz CT molecular complexity index is 1460. The van der Waals surface area contributed by atoms with Crippen molar-refractivity contribution in [3.8, 4) is 5.75 Å². The monoisotopic (exact) mass is 477 g/mol. The van der Waals surface area contributed by atoms with Crippen LogP contribution in [0.2, 0.25) is 0 Å². The van der Waals surface area contributed by atoms with Crippen LogP contribution >= 0.6 is 0 Å². The predicted octanol–water partition coefficient (Wildman–Crippen LogP) is 6.94. The van der Waals surface area contributed by atoms with Crippen LogP contribution in [-0.4, -0.2) is 15.0 Å². The lowest BCUT2D eigenvalue weighted by atomic mass is 9.71. The highest BCUT2D eigenvalue weighted by atomic mass is 32.2. The molecule has 5 rings (SSSR count). The van der Waals surface area contributed by atoms with Crippen LogP contribution in [0.5, 0.6) is 5.75 Å². The van der Waals surface area contributed by atoms with Crippen molar-refractivity contribution < 1.29 is 17.6 Å². The fourth-order valence-electron chi connectivity index (χ4n) is 5.01. The van der Waals surface area contributed by atoms with Crippen molar-refractivity contribution in [2.75, 3.05) is 11.3 Å². The Labute approximate surface area is 201 Å². The van der Waals surface area contributed by atoms with Crippen LogP contribution in [0.3, 0.4) is 0 Å². The number of sulfonamides is 1. The molecule has 1 aliphatic rings. The van der Waals surface area contributed by atoms with E-state index in [9.17, 15) is 8.42 Å². The van der Waals surface area contributed by atoms with E-state index in [1.165, 1.54) is 5.56 Å². The molecule has 1 heterocycles. The fraction of sp³-hybridized carbons (Fsp3) is 0.357. The normalized spacial score (nSPS) is 16.5. The zero-order valence-corrected chi connectivity index (χ0v) is 21.0. The molecule has 0 spiro atoms. The van der Waals surface area contributed by atoms with Crippen LogP contribution in [0.15, 0.2) is 63.9 Å². The molecule has 0 radical (unpaired) electrons. The maximum absolute atomic E-state index is 13.3. The van der Waals surface area contributed by atoms with Crippen molar-refractivity contribution in [3.05, 3.63) is 65.9 Å². The third kappa shape index (κ3) is 4.05. The number of benzene rings is 3. The quantitative estimate of drug-likeness (QED) is 0.338. The van der Waals surface area contributed by atoms with Crippen molar-refractivity contribution >= 4 is 37.5 Å². The van der Waals surface area contributed by atoms with E-state index in [1.807, 2.05) is 37.3 Å². The van der Waals surface area contributed by atoms with Gasteiger partial charge in [-0.25, -0.2) is 8.42 Å². The highest BCUT2D eigenvalue weighted by Gasteiger charge is 2.32. The summed E-state index contributed by atoms with van der Waals surface area (Å²) in [5, 5.41) is 2.75. The number of nitrogens with one attached hydrogen (secondary N) is 1. The summed E-state index contributed by atoms with van der Waals surface area (Å²) in [5.74, 6) is 2.23. The van der Waals surface area contributed by atoms with Gasteiger partial charge in [0.15, 0.2) is 0 Å². The average molecular weight is 478 g/mol. The van der Waals surface area contributed by atoms with Crippen molar-refractivity contribution in [2.24, 2.45) is 11.3 Å². The molecule has 6 heteroatoms. The summed E-state index contributed by atoms with van der Waals surface area (Å²) in [6.45, 7) is 9.29. The molecule has 1 aliphatic carbocycles. The highest BCUT2D eigenvalue weighted by molar-refractivity contribution is 7.92. The van der Waals surface area contributed by atoms with Crippen molar-refractivity contribution in [3.63, 3.8) is 0 Å². The van der Waals surface area contributed by atoms with Crippen LogP contribution in [0.4, 0.5) is 5.69 Å². The van der Waals surface area contributed by atoms with Gasteiger partial charge in [-0.15, -0.1) is 0 Å². The van der Waals surface area contributed by atoms with Gasteiger partial charge in [0.2, 0.25) is 0 Å². The van der Waals surface area contributed by atoms with Crippen LogP contribution in [0, 0.1) is 11.3 Å². The molecule has 5 nitrogen and oxygen atoms in total. The Balaban J connectivity index is 1.61. The second-order valence-corrected chi connectivity index (χ2v) is 11.8. The van der Waals surface area contributed by atoms with Gasteiger partial charge in [-0.3, -0.25) is 4.72 Å². The highest BCUT2D eigenvalue weighted by Crippen LogP contribution is 2.44. The smallest absolute Gasteiger partial charge is 0.261 e. The summed E-state index contributed by atoms with van der Waals surface area (Å²) in [4.78, 5) is 0.196. The summed E-state index contributed by atoms with van der Waals surface area (Å²) in [5.41, 5.74) is 2.84. The Hall–Kier alpha value is -2.99. The number of hydrogen-bond acceptors (Lipinski definition) is 4. The molecule has 3 aromatic carbocycles. The van der Waals surface area contributed by atoms with Gasteiger partial charge in [-0.2, -0.15) is 0 Å². The third-order valence-electron chi connectivity index (χ3n) is 6.97. The molecule has 0 bridgehead atoms. The topological polar surface area (TPSA) is 68.5 Å². The third-order valence-corrected chi connectivity index (χ3v) is 8.35. The molecule has 0 aliphatic heterocycles. The number of furan rings is 1. The number of aryl methyl sites for hydroxylation is 1. The molecule has 1 unspecified atom stereocenters. The minimum atomic E-state index is -3.78. The molecule has 1 atom stereocenters. The van der Waals surface area contributed by atoms with E-state index in [4.69, 9.17) is 9.15 Å². The summed E-state index contributed by atoms with van der Waals surface area (Å²) in [7, 11) is -3.78. The van der Waals surface area contributed by atoms with E-state index < -0.39 is 10.0 Å². The first-order valence-corrected chi connectivity index (χ1v) is 13.4. The Morgan fingerprint density at radius 2 is 1.74 bits per heavy atom. The average Bonchev–Trinajstić information content (AvgIpc) is 3.17. The minimum Gasteiger partial charge on any atom is -0.494 e. The summed E-state index contributed by atoms with van der Waals surface area (Å²) in [6.07, 6.45) is 2.95. The zero-order chi connectivity index (χ0) is 24.1. The summed E-state index contributed by atoms with van der Waals surface area (Å²) < 4.78 is 41.2. The lowest BCUT2D eigenvalue weighted by molar-refractivity contribution is 0.210. The van der Waals surface area contributed by atoms with Crippen molar-refractivity contribution in [1.82, 2.24) is 0 Å². The molecule has 1 aromatic heterocycles. The van der Waals surface area contributed by atoms with Gasteiger partial charge in [-0.1, -0.05) is 45.0 Å². The number of fused-ring (bicyclic) bond motifs is 5. The first-order chi connectivity index (χ1) is 16.2. The number of anilines is 1. The molecule has 1 N–H and O–H groups in total. The molecule has 0 saturated heterocycles. The molecule has 0 saturated carbocycles. The lowest BCUT2D eigenvalue weighted by Crippen LogP contribution is -2.26. The fourth-order valence-corrected chi connectivity index (χ4v) is 6.08. The second kappa shape index (κ2) is 8.35. The molecule has 4 aromatic rings. The second-order valence-electron chi connectivity index (χ2n) is 10.2. The Kier molecular flexibility index (Phi) is 5.59. The van der Waals surface area contributed by atoms with Gasteiger partial charge in [-0.05, 0) is 61.4 Å². The largest absolute Gasteiger partial charge is 0.494 e. The molecule has 178 valence electrons. The molecular formula is C28H31NO4S. The summed E-state index contributed by atoms with van der Waals surface area (Å²) >= 11 is 0. The zero-order valence-electron chi connectivity index (χ0n) is 20.1. The standard InChI is InChI=1S/C28H31NO4S/c1-5-32-19-11-13-20(14-12-19)34(30,31)29-25-17-24-23-16-18(28(2,3)4)10-15-26(23)33-27(24)22-9-7-6-8-21(22)25/h6-9,11-14,17-18,29H,5,10,15-16H2,1-4H3. The van der Waals surface area contributed by atoms with E-state index in [0.29, 0.717) is 24.0 Å². The van der Waals surface area contributed by atoms with E-state index in [1.54, 1.807) is 24.3 Å². The Morgan fingerprint density at radius 3 is 2.41 bits per heavy atom. The number of hydrogen-bond donors (Lipinski definition) is 1. The molecule has 0 fully saturated rings. The van der Waals surface area contributed by atoms with Gasteiger partial charge in [0.1, 0.15) is 17.1 Å². The van der Waals surface area contributed by atoms with Gasteiger partial charge in [0.05, 0.1) is 17.2 Å². The van der Waals surface area contributed by atoms with Gasteiger partial charge in [0, 0.05) is 28.1 Å². The van der Waals surface area contributed by atoms with Crippen LogP contribution in [0.1, 0.15) is 45.4 Å². The molecule has 34 heavy (non-hydrogen) atoms. The molecular weight excluding hydrogens is 446 g/mol. The van der Waals surface area contributed by atoms with E-state index in [0.717, 1.165) is 46.8 Å². The molecule has 0 amide bonds. The maximum Gasteiger partial charge on any atom is 0.261 e. The van der Waals surface area contributed by atoms with Crippen LogP contribution in [0.25, 0.3) is 21.7 Å². The van der Waals surface area contributed by atoms with Crippen molar-refractivity contribution in [1.29, 1.82) is 0 Å². The predicted molar refractivity (Wildman–Crippen MR) is 137 cm³/mol. The number of ether oxygens (including phenoxy) is 1. The summed E-state index contributed by atoms with van der Waals surface area (Å²) in [6, 6.07) is 16.3. The van der Waals surface area contributed by atoms with Gasteiger partial charge < -0.3 is 9.15 Å². The van der Waals surface area contributed by atoms with Crippen molar-refractivity contribution in [2.45, 2.75) is 51.9 Å². The first kappa shape index (κ1) is 22.8. The van der Waals surface area contributed by atoms with E-state index in [-0.39, 0.29) is 10.3 Å². The lowest BCUT2D eigenvalue weighted by Gasteiger charge is -2.33. The van der Waals surface area contributed by atoms with Gasteiger partial charge >= 0.3 is 0 Å². The van der Waals surface area contributed by atoms with Gasteiger partial charge in [0.25, 0.3) is 10.0 Å². The minimum absolute atomic E-state index is 0.196. The maximum atomic E-state index is 13.3. The first-order valence-electron chi connectivity index (χ1n) is 11.9.